The molecule has 0 saturated carbocycles. The number of morpholine rings is 1. The highest BCUT2D eigenvalue weighted by atomic mass is 32.1. The summed E-state index contributed by atoms with van der Waals surface area (Å²) in [6.45, 7) is 6.48. The van der Waals surface area contributed by atoms with Crippen molar-refractivity contribution in [2.24, 2.45) is 0 Å². The number of hydrogen-bond donors (Lipinski definition) is 1. The molecule has 0 bridgehead atoms. The number of ether oxygens (including phenoxy) is 1. The Morgan fingerprint density at radius 2 is 2.35 bits per heavy atom. The fourth-order valence-corrected chi connectivity index (χ4v) is 2.42. The molecule has 1 aromatic rings. The van der Waals surface area contributed by atoms with E-state index in [0.29, 0.717) is 6.54 Å². The Labute approximate surface area is 105 Å². The molecule has 0 atom stereocenters. The molecular weight excluding hydrogens is 238 g/mol. The van der Waals surface area contributed by atoms with Crippen LogP contribution in [0.15, 0.2) is 5.38 Å². The van der Waals surface area contributed by atoms with Crippen molar-refractivity contribution in [2.75, 3.05) is 26.3 Å². The monoisotopic (exact) mass is 255 g/mol. The minimum atomic E-state index is -0.0186. The van der Waals surface area contributed by atoms with Crippen molar-refractivity contribution in [3.05, 3.63) is 16.1 Å². The van der Waals surface area contributed by atoms with E-state index in [1.165, 1.54) is 6.92 Å². The van der Waals surface area contributed by atoms with Gasteiger partial charge < -0.3 is 10.1 Å². The number of carbonyl (C=O) groups is 1. The zero-order valence-electron chi connectivity index (χ0n) is 9.94. The van der Waals surface area contributed by atoms with Crippen LogP contribution in [0.3, 0.4) is 0 Å². The number of nitrogens with zero attached hydrogens (tertiary/aromatic N) is 2. The summed E-state index contributed by atoms with van der Waals surface area (Å²) in [4.78, 5) is 17.6. The highest BCUT2D eigenvalue weighted by Crippen LogP contribution is 2.12. The first-order chi connectivity index (χ1) is 8.24. The maximum absolute atomic E-state index is 10.8. The van der Waals surface area contributed by atoms with Crippen LogP contribution in [0.25, 0.3) is 0 Å². The summed E-state index contributed by atoms with van der Waals surface area (Å²) >= 11 is 1.60. The second-order valence-electron chi connectivity index (χ2n) is 4.03. The Morgan fingerprint density at radius 1 is 1.59 bits per heavy atom. The van der Waals surface area contributed by atoms with Crippen molar-refractivity contribution in [3.63, 3.8) is 0 Å². The summed E-state index contributed by atoms with van der Waals surface area (Å²) in [5.74, 6) is -0.0186. The fourth-order valence-electron chi connectivity index (χ4n) is 1.69. The lowest BCUT2D eigenvalue weighted by Crippen LogP contribution is -2.35. The van der Waals surface area contributed by atoms with E-state index in [2.05, 4.69) is 20.6 Å². The lowest BCUT2D eigenvalue weighted by atomic mass is 10.3. The molecule has 2 heterocycles. The summed E-state index contributed by atoms with van der Waals surface area (Å²) in [5.41, 5.74) is 1.08. The van der Waals surface area contributed by atoms with Crippen molar-refractivity contribution >= 4 is 17.2 Å². The van der Waals surface area contributed by atoms with Crippen LogP contribution < -0.4 is 5.32 Å². The molecule has 94 valence electrons. The smallest absolute Gasteiger partial charge is 0.217 e. The van der Waals surface area contributed by atoms with Gasteiger partial charge in [-0.1, -0.05) is 0 Å². The van der Waals surface area contributed by atoms with E-state index in [9.17, 15) is 4.79 Å². The Balaban J connectivity index is 1.82. The molecule has 1 aliphatic heterocycles. The average molecular weight is 255 g/mol. The van der Waals surface area contributed by atoms with Crippen molar-refractivity contribution in [3.8, 4) is 0 Å². The Kier molecular flexibility index (Phi) is 4.47. The SMILES string of the molecule is CC(=O)NCc1nc(CN2CCOCC2)cs1. The lowest BCUT2D eigenvalue weighted by Gasteiger charge is -2.25. The van der Waals surface area contributed by atoms with Gasteiger partial charge in [0.2, 0.25) is 5.91 Å². The van der Waals surface area contributed by atoms with Crippen LogP contribution in [-0.2, 0) is 22.6 Å². The van der Waals surface area contributed by atoms with Crippen LogP contribution in [-0.4, -0.2) is 42.1 Å². The number of thiazole rings is 1. The number of amides is 1. The molecule has 0 unspecified atom stereocenters. The van der Waals surface area contributed by atoms with Crippen LogP contribution in [0.5, 0.6) is 0 Å². The molecule has 6 heteroatoms. The third-order valence-corrected chi connectivity index (χ3v) is 3.47. The first kappa shape index (κ1) is 12.5. The molecule has 0 aromatic carbocycles. The first-order valence-electron chi connectivity index (χ1n) is 5.72. The minimum absolute atomic E-state index is 0.0186. The van der Waals surface area contributed by atoms with Gasteiger partial charge in [0, 0.05) is 31.9 Å². The second-order valence-corrected chi connectivity index (χ2v) is 4.97. The Morgan fingerprint density at radius 3 is 3.06 bits per heavy atom. The minimum Gasteiger partial charge on any atom is -0.379 e. The zero-order chi connectivity index (χ0) is 12.1. The van der Waals surface area contributed by atoms with E-state index in [1.54, 1.807) is 11.3 Å². The summed E-state index contributed by atoms with van der Waals surface area (Å²) < 4.78 is 5.30. The summed E-state index contributed by atoms with van der Waals surface area (Å²) in [5, 5.41) is 5.78. The molecule has 0 radical (unpaired) electrons. The standard InChI is InChI=1S/C11H17N3O2S/c1-9(15)12-6-11-13-10(8-17-11)7-14-2-4-16-5-3-14/h8H,2-7H2,1H3,(H,12,15). The van der Waals surface area contributed by atoms with Gasteiger partial charge in [-0.2, -0.15) is 0 Å². The fraction of sp³-hybridized carbons (Fsp3) is 0.636. The van der Waals surface area contributed by atoms with Gasteiger partial charge in [-0.05, 0) is 0 Å². The third-order valence-electron chi connectivity index (χ3n) is 2.58. The molecule has 17 heavy (non-hydrogen) atoms. The molecule has 2 rings (SSSR count). The Bertz CT molecular complexity index is 375. The van der Waals surface area contributed by atoms with Gasteiger partial charge in [-0.15, -0.1) is 11.3 Å². The summed E-state index contributed by atoms with van der Waals surface area (Å²) in [6, 6.07) is 0. The molecule has 1 aromatic heterocycles. The molecule has 1 aliphatic rings. The molecule has 1 N–H and O–H groups in total. The van der Waals surface area contributed by atoms with Crippen molar-refractivity contribution in [1.82, 2.24) is 15.2 Å². The van der Waals surface area contributed by atoms with Gasteiger partial charge in [-0.3, -0.25) is 9.69 Å². The predicted molar refractivity (Wildman–Crippen MR) is 65.7 cm³/mol. The number of carbonyl (C=O) groups excluding carboxylic acids is 1. The number of hydrogen-bond acceptors (Lipinski definition) is 5. The van der Waals surface area contributed by atoms with Gasteiger partial charge in [0.25, 0.3) is 0 Å². The maximum atomic E-state index is 10.8. The molecule has 0 spiro atoms. The van der Waals surface area contributed by atoms with E-state index >= 15 is 0 Å². The van der Waals surface area contributed by atoms with Crippen LogP contribution in [0.4, 0.5) is 0 Å². The zero-order valence-corrected chi connectivity index (χ0v) is 10.8. The van der Waals surface area contributed by atoms with Crippen LogP contribution in [0, 0.1) is 0 Å². The van der Waals surface area contributed by atoms with Gasteiger partial charge in [-0.25, -0.2) is 4.98 Å². The molecule has 5 nitrogen and oxygen atoms in total. The largest absolute Gasteiger partial charge is 0.379 e. The number of nitrogens with one attached hydrogen (secondary N) is 1. The highest BCUT2D eigenvalue weighted by Gasteiger charge is 2.12. The van der Waals surface area contributed by atoms with E-state index in [4.69, 9.17) is 4.74 Å². The third kappa shape index (κ3) is 4.07. The highest BCUT2D eigenvalue weighted by molar-refractivity contribution is 7.09. The van der Waals surface area contributed by atoms with E-state index in [1.807, 2.05) is 0 Å². The molecular formula is C11H17N3O2S. The second kappa shape index (κ2) is 6.09. The molecule has 1 amide bonds. The van der Waals surface area contributed by atoms with Gasteiger partial charge >= 0.3 is 0 Å². The topological polar surface area (TPSA) is 54.5 Å². The molecule has 0 aliphatic carbocycles. The number of aromatic nitrogens is 1. The first-order valence-corrected chi connectivity index (χ1v) is 6.60. The van der Waals surface area contributed by atoms with Crippen molar-refractivity contribution in [2.45, 2.75) is 20.0 Å². The van der Waals surface area contributed by atoms with Crippen LogP contribution in [0.1, 0.15) is 17.6 Å². The quantitative estimate of drug-likeness (QED) is 0.856. The van der Waals surface area contributed by atoms with Crippen molar-refractivity contribution < 1.29 is 9.53 Å². The molecule has 1 fully saturated rings. The predicted octanol–water partition coefficient (Wildman–Crippen LogP) is 0.611. The normalized spacial score (nSPS) is 17.0. The van der Waals surface area contributed by atoms with Gasteiger partial charge in [0.1, 0.15) is 5.01 Å². The van der Waals surface area contributed by atoms with E-state index < -0.39 is 0 Å². The molecule has 1 saturated heterocycles. The van der Waals surface area contributed by atoms with Crippen molar-refractivity contribution in [1.29, 1.82) is 0 Å². The maximum Gasteiger partial charge on any atom is 0.217 e. The van der Waals surface area contributed by atoms with Crippen LogP contribution >= 0.6 is 11.3 Å². The van der Waals surface area contributed by atoms with E-state index in [-0.39, 0.29) is 5.91 Å². The number of rotatable bonds is 4. The van der Waals surface area contributed by atoms with E-state index in [0.717, 1.165) is 43.5 Å². The van der Waals surface area contributed by atoms with Gasteiger partial charge in [0.05, 0.1) is 25.5 Å². The van der Waals surface area contributed by atoms with Crippen LogP contribution in [0.2, 0.25) is 0 Å². The average Bonchev–Trinajstić information content (AvgIpc) is 2.75. The van der Waals surface area contributed by atoms with Gasteiger partial charge in [0.15, 0.2) is 0 Å². The summed E-state index contributed by atoms with van der Waals surface area (Å²) in [7, 11) is 0. The summed E-state index contributed by atoms with van der Waals surface area (Å²) in [6.07, 6.45) is 0. The Hall–Kier alpha value is -0.980. The lowest BCUT2D eigenvalue weighted by molar-refractivity contribution is -0.119.